The average Bonchev–Trinajstić information content (AvgIpc) is 2.67. The van der Waals surface area contributed by atoms with E-state index in [1.165, 1.54) is 11.1 Å². The maximum Gasteiger partial charge on any atom is 0.323 e. The topological polar surface area (TPSA) is 29.5 Å². The van der Waals surface area contributed by atoms with Gasteiger partial charge < -0.3 is 4.74 Å². The number of carbonyl (C=O) groups excluding carboxylic acids is 1. The molecule has 0 fully saturated rings. The molecule has 0 aliphatic heterocycles. The van der Waals surface area contributed by atoms with Crippen LogP contribution in [0.25, 0.3) is 0 Å². The minimum absolute atomic E-state index is 0.0935. The summed E-state index contributed by atoms with van der Waals surface area (Å²) >= 11 is 0. The van der Waals surface area contributed by atoms with Crippen molar-refractivity contribution >= 4 is 5.97 Å². The first-order valence-corrected chi connectivity index (χ1v) is 10.1. The summed E-state index contributed by atoms with van der Waals surface area (Å²) in [7, 11) is 0. The molecule has 2 aromatic rings. The minimum Gasteiger partial charge on any atom is -0.465 e. The molecule has 27 heavy (non-hydrogen) atoms. The van der Waals surface area contributed by atoms with Crippen LogP contribution in [0.5, 0.6) is 0 Å². The first-order valence-electron chi connectivity index (χ1n) is 10.1. The van der Waals surface area contributed by atoms with E-state index < -0.39 is 0 Å². The molecule has 0 N–H and O–H groups in total. The molecular weight excluding hydrogens is 334 g/mol. The largest absolute Gasteiger partial charge is 0.465 e. The molecule has 146 valence electrons. The number of nitrogens with zero attached hydrogens (tertiary/aromatic N) is 1. The second-order valence-corrected chi connectivity index (χ2v) is 7.54. The Morgan fingerprint density at radius 1 is 0.926 bits per heavy atom. The summed E-state index contributed by atoms with van der Waals surface area (Å²) in [5.74, 6) is 0.326. The summed E-state index contributed by atoms with van der Waals surface area (Å²) in [5.41, 5.74) is 2.42. The quantitative estimate of drug-likeness (QED) is 0.391. The smallest absolute Gasteiger partial charge is 0.323 e. The van der Waals surface area contributed by atoms with Crippen molar-refractivity contribution < 1.29 is 9.53 Å². The molecule has 0 bridgehead atoms. The van der Waals surface area contributed by atoms with E-state index in [-0.39, 0.29) is 12.0 Å². The summed E-state index contributed by atoms with van der Waals surface area (Å²) in [5, 5.41) is 0. The van der Waals surface area contributed by atoms with Gasteiger partial charge in [0.15, 0.2) is 0 Å². The van der Waals surface area contributed by atoms with Gasteiger partial charge in [0.2, 0.25) is 0 Å². The van der Waals surface area contributed by atoms with Crippen LogP contribution in [0, 0.1) is 5.92 Å². The maximum absolute atomic E-state index is 12.9. The third-order valence-electron chi connectivity index (χ3n) is 4.61. The Hall–Kier alpha value is -2.13. The highest BCUT2D eigenvalue weighted by atomic mass is 16.5. The number of ether oxygens (including phenoxy) is 1. The Bertz CT molecular complexity index is 613. The van der Waals surface area contributed by atoms with Gasteiger partial charge >= 0.3 is 5.97 Å². The minimum atomic E-state index is -0.234. The number of unbranched alkanes of at least 4 members (excludes halogenated alkanes) is 1. The van der Waals surface area contributed by atoms with E-state index in [4.69, 9.17) is 4.74 Å². The van der Waals surface area contributed by atoms with Crippen molar-refractivity contribution in [3.8, 4) is 0 Å². The summed E-state index contributed by atoms with van der Waals surface area (Å²) in [6.45, 7) is 8.40. The first kappa shape index (κ1) is 21.2. The molecule has 3 nitrogen and oxygen atoms in total. The van der Waals surface area contributed by atoms with Crippen molar-refractivity contribution in [1.29, 1.82) is 0 Å². The molecule has 0 aliphatic carbocycles. The maximum atomic E-state index is 12.9. The van der Waals surface area contributed by atoms with Crippen LogP contribution in [-0.2, 0) is 22.6 Å². The van der Waals surface area contributed by atoms with Crippen LogP contribution in [0.3, 0.4) is 0 Å². The van der Waals surface area contributed by atoms with Crippen molar-refractivity contribution in [2.45, 2.75) is 59.2 Å². The van der Waals surface area contributed by atoms with Crippen LogP contribution in [0.15, 0.2) is 60.7 Å². The second kappa shape index (κ2) is 11.6. The second-order valence-electron chi connectivity index (χ2n) is 7.54. The van der Waals surface area contributed by atoms with Gasteiger partial charge in [0.05, 0.1) is 6.61 Å². The van der Waals surface area contributed by atoms with Gasteiger partial charge in [-0.1, -0.05) is 87.9 Å². The molecule has 0 aliphatic rings. The highest BCUT2D eigenvalue weighted by Gasteiger charge is 2.28. The molecule has 3 heteroatoms. The highest BCUT2D eigenvalue weighted by molar-refractivity contribution is 5.75. The lowest BCUT2D eigenvalue weighted by molar-refractivity contribution is -0.151. The molecular formula is C24H33NO2. The number of hydrogen-bond acceptors (Lipinski definition) is 3. The molecule has 2 aromatic carbocycles. The molecule has 0 saturated carbocycles. The zero-order valence-electron chi connectivity index (χ0n) is 16.9. The third-order valence-corrected chi connectivity index (χ3v) is 4.61. The molecule has 0 saturated heterocycles. The van der Waals surface area contributed by atoms with Gasteiger partial charge in [-0.25, -0.2) is 0 Å². The van der Waals surface area contributed by atoms with Crippen molar-refractivity contribution in [2.75, 3.05) is 6.61 Å². The Balaban J connectivity index is 2.22. The molecule has 1 atom stereocenters. The van der Waals surface area contributed by atoms with E-state index in [9.17, 15) is 4.79 Å². The predicted octanol–water partition coefficient (Wildman–Crippen LogP) is 5.45. The van der Waals surface area contributed by atoms with Crippen molar-refractivity contribution in [2.24, 2.45) is 5.92 Å². The molecule has 0 spiro atoms. The predicted molar refractivity (Wildman–Crippen MR) is 111 cm³/mol. The van der Waals surface area contributed by atoms with E-state index >= 15 is 0 Å². The Morgan fingerprint density at radius 2 is 1.44 bits per heavy atom. The first-order chi connectivity index (χ1) is 13.1. The summed E-state index contributed by atoms with van der Waals surface area (Å²) in [6.07, 6.45) is 2.74. The molecule has 0 amide bonds. The zero-order valence-corrected chi connectivity index (χ0v) is 16.9. The third kappa shape index (κ3) is 7.56. The van der Waals surface area contributed by atoms with Crippen molar-refractivity contribution in [3.05, 3.63) is 71.8 Å². The van der Waals surface area contributed by atoms with Crippen molar-refractivity contribution in [1.82, 2.24) is 4.90 Å². The number of rotatable bonds is 11. The Kier molecular flexibility index (Phi) is 9.06. The molecule has 0 aromatic heterocycles. The number of benzene rings is 2. The number of hydrogen-bond donors (Lipinski definition) is 0. The standard InChI is InChI=1S/C24H33NO2/c1-4-5-16-27-24(26)23(17-20(2)3)25(18-21-12-8-6-9-13-21)19-22-14-10-7-11-15-22/h6-15,20,23H,4-5,16-19H2,1-3H3/t23-/m0/s1. The summed E-state index contributed by atoms with van der Waals surface area (Å²) in [6, 6.07) is 20.5. The lowest BCUT2D eigenvalue weighted by Gasteiger charge is -2.31. The fourth-order valence-corrected chi connectivity index (χ4v) is 3.17. The fourth-order valence-electron chi connectivity index (χ4n) is 3.17. The van der Waals surface area contributed by atoms with E-state index in [2.05, 4.69) is 49.9 Å². The summed E-state index contributed by atoms with van der Waals surface area (Å²) in [4.78, 5) is 15.2. The lowest BCUT2D eigenvalue weighted by Crippen LogP contribution is -2.42. The average molecular weight is 368 g/mol. The number of carbonyl (C=O) groups is 1. The Labute approximate surface area is 164 Å². The molecule has 2 rings (SSSR count). The van der Waals surface area contributed by atoms with Crippen LogP contribution in [0.1, 0.15) is 51.2 Å². The van der Waals surface area contributed by atoms with Gasteiger partial charge in [-0.2, -0.15) is 0 Å². The molecule has 0 radical (unpaired) electrons. The van der Waals surface area contributed by atoms with Gasteiger partial charge in [0.1, 0.15) is 6.04 Å². The zero-order chi connectivity index (χ0) is 19.5. The van der Waals surface area contributed by atoms with Crippen molar-refractivity contribution in [3.63, 3.8) is 0 Å². The number of esters is 1. The van der Waals surface area contributed by atoms with Gasteiger partial charge in [0, 0.05) is 13.1 Å². The van der Waals surface area contributed by atoms with Crippen LogP contribution in [-0.4, -0.2) is 23.5 Å². The highest BCUT2D eigenvalue weighted by Crippen LogP contribution is 2.20. The van der Waals surface area contributed by atoms with E-state index in [0.717, 1.165) is 32.4 Å². The van der Waals surface area contributed by atoms with Crippen LogP contribution in [0.4, 0.5) is 0 Å². The van der Waals surface area contributed by atoms with E-state index in [1.807, 2.05) is 36.4 Å². The molecule has 0 unspecified atom stereocenters. The fraction of sp³-hybridized carbons (Fsp3) is 0.458. The van der Waals surface area contributed by atoms with Crippen LogP contribution in [0.2, 0.25) is 0 Å². The van der Waals surface area contributed by atoms with Crippen LogP contribution < -0.4 is 0 Å². The SMILES string of the molecule is CCCCOC(=O)[C@H](CC(C)C)N(Cc1ccccc1)Cc1ccccc1. The Morgan fingerprint density at radius 3 is 1.89 bits per heavy atom. The van der Waals surface area contributed by atoms with Gasteiger partial charge in [-0.05, 0) is 29.9 Å². The monoisotopic (exact) mass is 367 g/mol. The van der Waals surface area contributed by atoms with Gasteiger partial charge in [-0.3, -0.25) is 9.69 Å². The van der Waals surface area contributed by atoms with E-state index in [1.54, 1.807) is 0 Å². The normalized spacial score (nSPS) is 12.3. The van der Waals surface area contributed by atoms with Crippen LogP contribution >= 0.6 is 0 Å². The molecule has 0 heterocycles. The van der Waals surface area contributed by atoms with Gasteiger partial charge in [-0.15, -0.1) is 0 Å². The van der Waals surface area contributed by atoms with Gasteiger partial charge in [0.25, 0.3) is 0 Å². The lowest BCUT2D eigenvalue weighted by atomic mass is 10.0. The summed E-state index contributed by atoms with van der Waals surface area (Å²) < 4.78 is 5.62. The van der Waals surface area contributed by atoms with E-state index in [0.29, 0.717) is 12.5 Å².